The zero-order valence-corrected chi connectivity index (χ0v) is 22.8. The van der Waals surface area contributed by atoms with Crippen molar-refractivity contribution in [3.8, 4) is 11.5 Å². The second kappa shape index (κ2) is 12.9. The molecule has 8 nitrogen and oxygen atoms in total. The minimum atomic E-state index is -4.87. The number of halogens is 3. The van der Waals surface area contributed by atoms with E-state index in [1.807, 2.05) is 60.7 Å². The Morgan fingerprint density at radius 1 is 0.951 bits per heavy atom. The second-order valence-electron chi connectivity index (χ2n) is 9.52. The highest BCUT2D eigenvalue weighted by Crippen LogP contribution is 2.42. The number of alkyl halides is 3. The van der Waals surface area contributed by atoms with Crippen molar-refractivity contribution in [2.24, 2.45) is 5.92 Å². The van der Waals surface area contributed by atoms with Crippen molar-refractivity contribution in [3.05, 3.63) is 95.6 Å². The maximum absolute atomic E-state index is 13.5. The van der Waals surface area contributed by atoms with Gasteiger partial charge in [0.1, 0.15) is 18.1 Å². The number of carbonyl (C=O) groups excluding carboxylic acids is 2. The Hall–Kier alpha value is -4.25. The van der Waals surface area contributed by atoms with Crippen molar-refractivity contribution in [3.63, 3.8) is 0 Å². The molecule has 1 aliphatic rings. The molecule has 0 spiro atoms. The first-order valence-electron chi connectivity index (χ1n) is 12.9. The average molecular weight is 573 g/mol. The summed E-state index contributed by atoms with van der Waals surface area (Å²) in [4.78, 5) is 28.2. The van der Waals surface area contributed by atoms with E-state index in [1.165, 1.54) is 31.3 Å². The summed E-state index contributed by atoms with van der Waals surface area (Å²) in [5, 5.41) is 3.30. The molecule has 0 unspecified atom stereocenters. The van der Waals surface area contributed by atoms with Gasteiger partial charge in [0.05, 0.1) is 26.2 Å². The number of likely N-dealkylation sites (tertiary alicyclic amines) is 1. The molecule has 0 saturated carbocycles. The van der Waals surface area contributed by atoms with Crippen molar-refractivity contribution < 1.29 is 41.7 Å². The summed E-state index contributed by atoms with van der Waals surface area (Å²) in [6.07, 6.45) is -5.48. The summed E-state index contributed by atoms with van der Waals surface area (Å²) >= 11 is 0. The second-order valence-corrected chi connectivity index (χ2v) is 9.52. The van der Waals surface area contributed by atoms with Crippen LogP contribution in [0.2, 0.25) is 0 Å². The van der Waals surface area contributed by atoms with E-state index in [-0.39, 0.29) is 13.2 Å². The normalized spacial score (nSPS) is 20.4. The van der Waals surface area contributed by atoms with Crippen LogP contribution in [0, 0.1) is 5.92 Å². The van der Waals surface area contributed by atoms with E-state index in [4.69, 9.17) is 14.2 Å². The summed E-state index contributed by atoms with van der Waals surface area (Å²) in [6.45, 7) is 1.77. The van der Waals surface area contributed by atoms with Crippen molar-refractivity contribution in [1.82, 2.24) is 10.2 Å². The molecule has 1 amide bonds. The Labute approximate surface area is 236 Å². The maximum atomic E-state index is 13.5. The van der Waals surface area contributed by atoms with Gasteiger partial charge < -0.3 is 24.3 Å². The lowest BCUT2D eigenvalue weighted by molar-refractivity contribution is -0.274. The number of hydrogen-bond acceptors (Lipinski definition) is 7. The molecule has 1 N–H and O–H groups in total. The third-order valence-electron chi connectivity index (χ3n) is 7.03. The predicted octanol–water partition coefficient (Wildman–Crippen LogP) is 5.62. The minimum absolute atomic E-state index is 0.000647. The van der Waals surface area contributed by atoms with Gasteiger partial charge in [-0.3, -0.25) is 9.69 Å². The van der Waals surface area contributed by atoms with Crippen LogP contribution in [0.1, 0.15) is 29.7 Å². The lowest BCUT2D eigenvalue weighted by atomic mass is 9.91. The largest absolute Gasteiger partial charge is 0.573 e. The minimum Gasteiger partial charge on any atom is -0.496 e. The maximum Gasteiger partial charge on any atom is 0.573 e. The number of nitrogens with one attached hydrogen (secondary N) is 1. The number of nitrogens with zero attached hydrogens (tertiary/aromatic N) is 1. The van der Waals surface area contributed by atoms with Crippen LogP contribution in [-0.4, -0.2) is 49.6 Å². The van der Waals surface area contributed by atoms with Gasteiger partial charge in [0.15, 0.2) is 0 Å². The smallest absolute Gasteiger partial charge is 0.496 e. The zero-order chi connectivity index (χ0) is 29.6. The number of benzene rings is 3. The van der Waals surface area contributed by atoms with Gasteiger partial charge in [-0.25, -0.2) is 4.79 Å². The first kappa shape index (κ1) is 29.7. The van der Waals surface area contributed by atoms with Crippen molar-refractivity contribution >= 4 is 12.1 Å². The fourth-order valence-corrected chi connectivity index (χ4v) is 5.22. The van der Waals surface area contributed by atoms with Gasteiger partial charge in [0.2, 0.25) is 0 Å². The van der Waals surface area contributed by atoms with Crippen LogP contribution in [0.4, 0.5) is 18.0 Å². The van der Waals surface area contributed by atoms with Crippen LogP contribution < -0.4 is 14.8 Å². The highest BCUT2D eigenvalue weighted by molar-refractivity contribution is 5.78. The van der Waals surface area contributed by atoms with Gasteiger partial charge >= 0.3 is 18.4 Å². The average Bonchev–Trinajstić information content (AvgIpc) is 3.26. The zero-order valence-electron chi connectivity index (χ0n) is 22.8. The molecule has 3 aromatic carbocycles. The van der Waals surface area contributed by atoms with Gasteiger partial charge in [-0.2, -0.15) is 0 Å². The number of hydrogen-bond donors (Lipinski definition) is 1. The van der Waals surface area contributed by atoms with E-state index in [2.05, 4.69) is 10.1 Å². The molecule has 4 atom stereocenters. The molecule has 3 aromatic rings. The van der Waals surface area contributed by atoms with E-state index in [1.54, 1.807) is 6.92 Å². The molecule has 1 saturated heterocycles. The summed E-state index contributed by atoms with van der Waals surface area (Å²) in [5.74, 6) is -1.46. The fourth-order valence-electron chi connectivity index (χ4n) is 5.22. The van der Waals surface area contributed by atoms with Crippen LogP contribution in [-0.2, 0) is 27.4 Å². The molecular weight excluding hydrogens is 541 g/mol. The van der Waals surface area contributed by atoms with Crippen LogP contribution in [0.5, 0.6) is 11.5 Å². The molecular formula is C30H31F3N2O6. The van der Waals surface area contributed by atoms with Gasteiger partial charge in [-0.1, -0.05) is 60.7 Å². The van der Waals surface area contributed by atoms with Gasteiger partial charge in [-0.15, -0.1) is 13.2 Å². The van der Waals surface area contributed by atoms with Crippen molar-refractivity contribution in [1.29, 1.82) is 0 Å². The van der Waals surface area contributed by atoms with Crippen LogP contribution in [0.15, 0.2) is 78.9 Å². The lowest BCUT2D eigenvalue weighted by Crippen LogP contribution is -2.42. The summed E-state index contributed by atoms with van der Waals surface area (Å²) in [7, 11) is 2.66. The molecule has 1 aliphatic heterocycles. The van der Waals surface area contributed by atoms with Gasteiger partial charge in [0.25, 0.3) is 0 Å². The Morgan fingerprint density at radius 2 is 1.61 bits per heavy atom. The molecule has 11 heteroatoms. The molecule has 4 rings (SSSR count). The molecule has 0 aliphatic carbocycles. The molecule has 218 valence electrons. The third kappa shape index (κ3) is 7.10. The van der Waals surface area contributed by atoms with E-state index in [0.29, 0.717) is 11.3 Å². The number of ether oxygens (including phenoxy) is 4. The molecule has 0 aromatic heterocycles. The van der Waals surface area contributed by atoms with Crippen LogP contribution in [0.25, 0.3) is 0 Å². The van der Waals surface area contributed by atoms with Crippen molar-refractivity contribution in [2.75, 3.05) is 14.2 Å². The van der Waals surface area contributed by atoms with E-state index < -0.39 is 48.2 Å². The number of carbonyl (C=O) groups is 2. The van der Waals surface area contributed by atoms with E-state index in [9.17, 15) is 22.8 Å². The Balaban J connectivity index is 1.67. The molecule has 0 radical (unpaired) electrons. The lowest BCUT2D eigenvalue weighted by Gasteiger charge is -2.30. The molecule has 0 bridgehead atoms. The summed E-state index contributed by atoms with van der Waals surface area (Å²) in [5.41, 5.74) is 1.90. The van der Waals surface area contributed by atoms with Crippen molar-refractivity contribution in [2.45, 2.75) is 44.6 Å². The number of rotatable bonds is 9. The van der Waals surface area contributed by atoms with Gasteiger partial charge in [-0.05, 0) is 36.2 Å². The predicted molar refractivity (Wildman–Crippen MR) is 143 cm³/mol. The Kier molecular flexibility index (Phi) is 9.38. The van der Waals surface area contributed by atoms with Crippen LogP contribution in [0.3, 0.4) is 0 Å². The van der Waals surface area contributed by atoms with Crippen LogP contribution >= 0.6 is 0 Å². The SMILES string of the molecule is COC(=O)[C@@H]1[C@H](NCc2cc(OC(F)(F)F)ccc2OC)[C@H](c2ccccc2)N(C(=O)OCc2ccccc2)[C@@H]1C. The highest BCUT2D eigenvalue weighted by atomic mass is 19.4. The number of methoxy groups -OCH3 is 2. The molecule has 1 fully saturated rings. The standard InChI is InChI=1S/C30H31F3N2O6/c1-19-25(28(36)39-3)26(34-17-22-16-23(41-30(31,32)33)14-15-24(22)38-2)27(21-12-8-5-9-13-21)35(19)29(37)40-18-20-10-6-4-7-11-20/h4-16,19,25-27,34H,17-18H2,1-3H3/t19-,25+,26+,27+/m1/s1. The Bertz CT molecular complexity index is 1320. The molecule has 1 heterocycles. The highest BCUT2D eigenvalue weighted by Gasteiger charge is 2.53. The quantitative estimate of drug-likeness (QED) is 0.333. The summed E-state index contributed by atoms with van der Waals surface area (Å²) in [6, 6.07) is 20.1. The third-order valence-corrected chi connectivity index (χ3v) is 7.03. The number of esters is 1. The van der Waals surface area contributed by atoms with Gasteiger partial charge in [0, 0.05) is 24.2 Å². The first-order chi connectivity index (χ1) is 19.6. The Morgan fingerprint density at radius 3 is 2.22 bits per heavy atom. The monoisotopic (exact) mass is 572 g/mol. The summed E-state index contributed by atoms with van der Waals surface area (Å²) < 4.78 is 58.8. The van der Waals surface area contributed by atoms with E-state index >= 15 is 0 Å². The first-order valence-corrected chi connectivity index (χ1v) is 12.9. The molecule has 41 heavy (non-hydrogen) atoms. The van der Waals surface area contributed by atoms with E-state index in [0.717, 1.165) is 17.2 Å². The fraction of sp³-hybridized carbons (Fsp3) is 0.333. The topological polar surface area (TPSA) is 86.3 Å². The number of amides is 1.